The number of rotatable bonds is 6. The number of nitrogens with zero attached hydrogens (tertiary/aromatic N) is 1. The van der Waals surface area contributed by atoms with Gasteiger partial charge in [-0.25, -0.2) is 9.18 Å². The highest BCUT2D eigenvalue weighted by Crippen LogP contribution is 2.18. The molecule has 134 valence electrons. The largest absolute Gasteiger partial charge is 0.345 e. The van der Waals surface area contributed by atoms with Crippen LogP contribution < -0.4 is 10.6 Å². The van der Waals surface area contributed by atoms with Crippen molar-refractivity contribution in [1.29, 1.82) is 0 Å². The molecule has 0 aliphatic rings. The minimum absolute atomic E-state index is 0.230. The Morgan fingerprint density at radius 3 is 2.77 bits per heavy atom. The number of nitrogens with one attached hydrogen (secondary N) is 2. The molecule has 0 atom stereocenters. The van der Waals surface area contributed by atoms with Gasteiger partial charge in [0.2, 0.25) is 0 Å². The van der Waals surface area contributed by atoms with Gasteiger partial charge in [0.25, 0.3) is 0 Å². The summed E-state index contributed by atoms with van der Waals surface area (Å²) < 4.78 is 15.8. The van der Waals surface area contributed by atoms with Gasteiger partial charge in [0.05, 0.1) is 13.1 Å². The molecule has 0 aliphatic carbocycles. The predicted octanol–water partition coefficient (Wildman–Crippen LogP) is 4.72. The number of aromatic nitrogens is 1. The highest BCUT2D eigenvalue weighted by molar-refractivity contribution is 7.98. The summed E-state index contributed by atoms with van der Waals surface area (Å²) in [5.41, 5.74) is 2.26. The van der Waals surface area contributed by atoms with Crippen molar-refractivity contribution in [3.05, 3.63) is 83.9 Å². The quantitative estimate of drug-likeness (QED) is 0.618. The van der Waals surface area contributed by atoms with Gasteiger partial charge in [0.1, 0.15) is 5.82 Å². The first-order valence-electron chi connectivity index (χ1n) is 8.22. The third-order valence-electron chi connectivity index (χ3n) is 3.98. The lowest BCUT2D eigenvalue weighted by Crippen LogP contribution is -2.29. The molecule has 2 aromatic carbocycles. The molecule has 6 heteroatoms. The van der Waals surface area contributed by atoms with E-state index in [0.717, 1.165) is 16.3 Å². The molecule has 0 fully saturated rings. The first-order valence-corrected chi connectivity index (χ1v) is 9.44. The van der Waals surface area contributed by atoms with E-state index in [1.54, 1.807) is 23.9 Å². The summed E-state index contributed by atoms with van der Waals surface area (Å²) in [6.45, 7) is 0.781. The number of anilines is 1. The van der Waals surface area contributed by atoms with Crippen molar-refractivity contribution < 1.29 is 9.18 Å². The average molecular weight is 369 g/mol. The van der Waals surface area contributed by atoms with Crippen molar-refractivity contribution in [1.82, 2.24) is 9.88 Å². The van der Waals surface area contributed by atoms with Gasteiger partial charge in [0.15, 0.2) is 0 Å². The maximum atomic E-state index is 13.8. The Balaban J connectivity index is 1.59. The van der Waals surface area contributed by atoms with Crippen LogP contribution in [0.1, 0.15) is 11.3 Å². The highest BCUT2D eigenvalue weighted by Gasteiger charge is 2.07. The van der Waals surface area contributed by atoms with E-state index in [4.69, 9.17) is 0 Å². The average Bonchev–Trinajstić information content (AvgIpc) is 3.09. The number of thioether (sulfide) groups is 1. The second-order valence-corrected chi connectivity index (χ2v) is 6.64. The molecule has 26 heavy (non-hydrogen) atoms. The molecule has 0 spiro atoms. The molecule has 4 nitrogen and oxygen atoms in total. The second kappa shape index (κ2) is 8.58. The summed E-state index contributed by atoms with van der Waals surface area (Å²) in [5.74, 6) is -0.230. The molecule has 0 radical (unpaired) electrons. The summed E-state index contributed by atoms with van der Waals surface area (Å²) in [5, 5.41) is 5.67. The number of halogens is 1. The van der Waals surface area contributed by atoms with Gasteiger partial charge in [-0.2, -0.15) is 0 Å². The van der Waals surface area contributed by atoms with E-state index in [1.165, 1.54) is 6.07 Å². The molecule has 1 heterocycles. The normalized spacial score (nSPS) is 10.5. The van der Waals surface area contributed by atoms with E-state index in [0.29, 0.717) is 18.7 Å². The molecule has 0 saturated carbocycles. The van der Waals surface area contributed by atoms with Crippen LogP contribution in [0.15, 0.2) is 71.8 Å². The highest BCUT2D eigenvalue weighted by atomic mass is 32.2. The third-order valence-corrected chi connectivity index (χ3v) is 4.71. The Labute approximate surface area is 156 Å². The van der Waals surface area contributed by atoms with Crippen LogP contribution >= 0.6 is 11.8 Å². The van der Waals surface area contributed by atoms with Crippen LogP contribution in [0.5, 0.6) is 0 Å². The van der Waals surface area contributed by atoms with Crippen molar-refractivity contribution in [3.8, 4) is 0 Å². The van der Waals surface area contributed by atoms with Crippen LogP contribution in [0.4, 0.5) is 14.9 Å². The number of carbonyl (C=O) groups is 1. The van der Waals surface area contributed by atoms with Gasteiger partial charge < -0.3 is 15.2 Å². The fourth-order valence-electron chi connectivity index (χ4n) is 2.62. The number of urea groups is 1. The Morgan fingerprint density at radius 2 is 1.96 bits per heavy atom. The summed E-state index contributed by atoms with van der Waals surface area (Å²) in [6.07, 6.45) is 3.87. The maximum absolute atomic E-state index is 13.8. The summed E-state index contributed by atoms with van der Waals surface area (Å²) in [4.78, 5) is 13.2. The van der Waals surface area contributed by atoms with Crippen molar-refractivity contribution in [2.45, 2.75) is 18.0 Å². The van der Waals surface area contributed by atoms with E-state index in [-0.39, 0.29) is 11.8 Å². The number of amides is 2. The molecule has 0 bridgehead atoms. The lowest BCUT2D eigenvalue weighted by atomic mass is 10.2. The van der Waals surface area contributed by atoms with Crippen LogP contribution in [0.2, 0.25) is 0 Å². The molecular weight excluding hydrogens is 349 g/mol. The molecule has 3 aromatic rings. The standard InChI is InChI=1S/C20H20FN3OS/c1-26-18-9-4-7-16(12-18)23-20(25)22-13-17-8-5-11-24(17)14-15-6-2-3-10-19(15)21/h2-12H,13-14H2,1H3,(H2,22,23,25). The van der Waals surface area contributed by atoms with Gasteiger partial charge in [-0.1, -0.05) is 24.3 Å². The molecule has 0 unspecified atom stereocenters. The van der Waals surface area contributed by atoms with E-state index in [2.05, 4.69) is 10.6 Å². The summed E-state index contributed by atoms with van der Waals surface area (Å²) in [6, 6.07) is 17.9. The lowest BCUT2D eigenvalue weighted by molar-refractivity contribution is 0.251. The monoisotopic (exact) mass is 369 g/mol. The van der Waals surface area contributed by atoms with Gasteiger partial charge in [-0.05, 0) is 42.7 Å². The zero-order valence-corrected chi connectivity index (χ0v) is 15.2. The maximum Gasteiger partial charge on any atom is 0.319 e. The zero-order valence-electron chi connectivity index (χ0n) is 14.4. The number of hydrogen-bond donors (Lipinski definition) is 2. The van der Waals surface area contributed by atoms with Crippen molar-refractivity contribution in [3.63, 3.8) is 0 Å². The number of hydrogen-bond acceptors (Lipinski definition) is 2. The van der Waals surface area contributed by atoms with Crippen molar-refractivity contribution >= 4 is 23.5 Å². The van der Waals surface area contributed by atoms with Crippen LogP contribution in [0.25, 0.3) is 0 Å². The molecule has 2 N–H and O–H groups in total. The summed E-state index contributed by atoms with van der Waals surface area (Å²) >= 11 is 1.62. The van der Waals surface area contributed by atoms with E-state index >= 15 is 0 Å². The van der Waals surface area contributed by atoms with E-state index in [9.17, 15) is 9.18 Å². The molecule has 3 rings (SSSR count). The fourth-order valence-corrected chi connectivity index (χ4v) is 3.08. The van der Waals surface area contributed by atoms with Gasteiger partial charge in [0, 0.05) is 28.0 Å². The Morgan fingerprint density at radius 1 is 1.12 bits per heavy atom. The van der Waals surface area contributed by atoms with E-state index < -0.39 is 0 Å². The minimum Gasteiger partial charge on any atom is -0.345 e. The van der Waals surface area contributed by atoms with Gasteiger partial charge in [-0.15, -0.1) is 11.8 Å². The summed E-state index contributed by atoms with van der Waals surface area (Å²) in [7, 11) is 0. The van der Waals surface area contributed by atoms with Crippen LogP contribution in [0, 0.1) is 5.82 Å². The Kier molecular flexibility index (Phi) is 5.96. The lowest BCUT2D eigenvalue weighted by Gasteiger charge is -2.12. The minimum atomic E-state index is -0.276. The topological polar surface area (TPSA) is 46.1 Å². The Bertz CT molecular complexity index is 894. The van der Waals surface area contributed by atoms with Gasteiger partial charge in [-0.3, -0.25) is 0 Å². The molecule has 0 saturated heterocycles. The second-order valence-electron chi connectivity index (χ2n) is 5.76. The molecule has 0 aliphatic heterocycles. The van der Waals surface area contributed by atoms with Crippen LogP contribution in [-0.4, -0.2) is 16.9 Å². The van der Waals surface area contributed by atoms with Gasteiger partial charge >= 0.3 is 6.03 Å². The third kappa shape index (κ3) is 4.67. The molecular formula is C20H20FN3OS. The van der Waals surface area contributed by atoms with E-state index in [1.807, 2.05) is 59.5 Å². The van der Waals surface area contributed by atoms with Crippen molar-refractivity contribution in [2.75, 3.05) is 11.6 Å². The van der Waals surface area contributed by atoms with Crippen molar-refractivity contribution in [2.24, 2.45) is 0 Å². The molecule has 2 amide bonds. The molecule has 1 aromatic heterocycles. The Hall–Kier alpha value is -2.73. The first-order chi connectivity index (χ1) is 12.7. The number of carbonyl (C=O) groups excluding carboxylic acids is 1. The zero-order chi connectivity index (χ0) is 18.4. The first kappa shape index (κ1) is 18.1. The smallest absolute Gasteiger partial charge is 0.319 e. The number of benzene rings is 2. The predicted molar refractivity (Wildman–Crippen MR) is 104 cm³/mol. The SMILES string of the molecule is CSc1cccc(NC(=O)NCc2cccn2Cc2ccccc2F)c1. The van der Waals surface area contributed by atoms with Crippen LogP contribution in [-0.2, 0) is 13.1 Å². The fraction of sp³-hybridized carbons (Fsp3) is 0.150. The van der Waals surface area contributed by atoms with Crippen LogP contribution in [0.3, 0.4) is 0 Å².